The van der Waals surface area contributed by atoms with Crippen molar-refractivity contribution in [1.82, 2.24) is 5.32 Å². The van der Waals surface area contributed by atoms with E-state index in [9.17, 15) is 9.90 Å². The van der Waals surface area contributed by atoms with Gasteiger partial charge in [0.25, 0.3) is 5.91 Å². The molecule has 0 saturated heterocycles. The number of hydrogen-bond acceptors (Lipinski definition) is 2. The lowest BCUT2D eigenvalue weighted by Gasteiger charge is -2.07. The molecule has 0 unspecified atom stereocenters. The molecule has 92 valence electrons. The Morgan fingerprint density at radius 1 is 1.24 bits per heavy atom. The summed E-state index contributed by atoms with van der Waals surface area (Å²) >= 11 is 0. The van der Waals surface area contributed by atoms with Crippen LogP contribution in [0.3, 0.4) is 0 Å². The van der Waals surface area contributed by atoms with Gasteiger partial charge in [-0.2, -0.15) is 0 Å². The Balaban J connectivity index is 0.00000121. The molecule has 0 aliphatic carbocycles. The van der Waals surface area contributed by atoms with Crippen molar-refractivity contribution < 1.29 is 9.90 Å². The molecule has 0 aromatic heterocycles. The smallest absolute Gasteiger partial charge is 0.254 e. The van der Waals surface area contributed by atoms with Gasteiger partial charge < -0.3 is 10.4 Å². The first-order valence-corrected chi connectivity index (χ1v) is 5.48. The maximum atomic E-state index is 11.4. The minimum Gasteiger partial charge on any atom is -0.507 e. The number of phenolic OH excluding ortho intramolecular Hbond substituents is 1. The van der Waals surface area contributed by atoms with Crippen LogP contribution in [0.1, 0.15) is 35.3 Å². The van der Waals surface area contributed by atoms with E-state index in [4.69, 9.17) is 0 Å². The number of hydrogen-bond donors (Lipinski definition) is 2. The monoisotopic (exact) mass is 233 g/mol. The summed E-state index contributed by atoms with van der Waals surface area (Å²) in [4.78, 5) is 11.4. The zero-order valence-electron chi connectivity index (χ0n) is 10.6. The molecule has 0 radical (unpaired) electrons. The molecule has 0 fully saturated rings. The molecule has 1 aromatic rings. The molecule has 3 heteroatoms. The van der Waals surface area contributed by atoms with E-state index >= 15 is 0 Å². The largest absolute Gasteiger partial charge is 0.507 e. The number of carbonyl (C=O) groups excluding carboxylic acids is 1. The number of phenols is 1. The molecule has 0 aliphatic rings. The Labute approximate surface area is 102 Å². The van der Waals surface area contributed by atoms with Gasteiger partial charge >= 0.3 is 0 Å². The molecule has 0 aliphatic heterocycles. The Morgan fingerprint density at radius 2 is 1.71 bits per heavy atom. The highest BCUT2D eigenvalue weighted by molar-refractivity contribution is 5.97. The molecule has 1 aromatic carbocycles. The summed E-state index contributed by atoms with van der Waals surface area (Å²) in [5.41, 5.74) is 1.74. The number of carbonyl (C=O) groups is 1. The number of rotatable bonds is 3. The van der Waals surface area contributed by atoms with E-state index in [1.165, 1.54) is 13.1 Å². The van der Waals surface area contributed by atoms with Crippen LogP contribution in [-0.4, -0.2) is 18.1 Å². The van der Waals surface area contributed by atoms with Crippen molar-refractivity contribution in [2.45, 2.75) is 13.8 Å². The van der Waals surface area contributed by atoms with Crippen LogP contribution >= 0.6 is 0 Å². The van der Waals surface area contributed by atoms with Crippen LogP contribution in [0.4, 0.5) is 0 Å². The van der Waals surface area contributed by atoms with Crippen molar-refractivity contribution in [2.24, 2.45) is 0 Å². The quantitative estimate of drug-likeness (QED) is 0.843. The van der Waals surface area contributed by atoms with Gasteiger partial charge in [0, 0.05) is 7.05 Å². The van der Waals surface area contributed by atoms with Gasteiger partial charge in [-0.1, -0.05) is 39.2 Å². The van der Waals surface area contributed by atoms with E-state index in [1.54, 1.807) is 18.2 Å². The Hall–Kier alpha value is -2.03. The highest BCUT2D eigenvalue weighted by Gasteiger charge is 2.11. The normalized spacial score (nSPS) is 8.65. The third kappa shape index (κ3) is 3.48. The van der Waals surface area contributed by atoms with E-state index in [0.29, 0.717) is 0 Å². The maximum Gasteiger partial charge on any atom is 0.254 e. The molecule has 0 heterocycles. The highest BCUT2D eigenvalue weighted by atomic mass is 16.3. The second-order valence-corrected chi connectivity index (χ2v) is 2.99. The first kappa shape index (κ1) is 15.0. The molecule has 17 heavy (non-hydrogen) atoms. The SMILES string of the molecule is C=Cc1cc(O)c(C(=O)NC)cc1C=C.CC. The third-order valence-electron chi connectivity index (χ3n) is 2.11. The lowest BCUT2D eigenvalue weighted by atomic mass is 10.0. The zero-order chi connectivity index (χ0) is 13.4. The van der Waals surface area contributed by atoms with Gasteiger partial charge in [0.15, 0.2) is 0 Å². The van der Waals surface area contributed by atoms with Gasteiger partial charge in [-0.3, -0.25) is 4.79 Å². The van der Waals surface area contributed by atoms with Crippen LogP contribution < -0.4 is 5.32 Å². The Bertz CT molecular complexity index is 422. The maximum absolute atomic E-state index is 11.4. The molecular formula is C14H19NO2. The Morgan fingerprint density at radius 3 is 2.12 bits per heavy atom. The van der Waals surface area contributed by atoms with Crippen LogP contribution in [0.25, 0.3) is 12.2 Å². The van der Waals surface area contributed by atoms with Gasteiger partial charge in [0.05, 0.1) is 5.56 Å². The van der Waals surface area contributed by atoms with E-state index in [0.717, 1.165) is 11.1 Å². The number of amides is 1. The van der Waals surface area contributed by atoms with E-state index < -0.39 is 0 Å². The summed E-state index contributed by atoms with van der Waals surface area (Å²) in [5.74, 6) is -0.388. The Kier molecular flexibility index (Phi) is 6.41. The van der Waals surface area contributed by atoms with Crippen molar-refractivity contribution >= 4 is 18.1 Å². The number of nitrogens with one attached hydrogen (secondary N) is 1. The lowest BCUT2D eigenvalue weighted by Crippen LogP contribution is -2.18. The first-order chi connectivity index (χ1) is 8.13. The van der Waals surface area contributed by atoms with Gasteiger partial charge in [0.1, 0.15) is 5.75 Å². The standard InChI is InChI=1S/C12H13NO2.C2H6/c1-4-8-6-10(12(15)13-3)11(14)7-9(8)5-2;1-2/h4-7,14H,1-2H2,3H3,(H,13,15);1-2H3. The van der Waals surface area contributed by atoms with Crippen LogP contribution in [-0.2, 0) is 0 Å². The summed E-state index contributed by atoms with van der Waals surface area (Å²) in [6.07, 6.45) is 3.22. The molecule has 0 bridgehead atoms. The predicted molar refractivity (Wildman–Crippen MR) is 73.0 cm³/mol. The summed E-state index contributed by atoms with van der Waals surface area (Å²) in [6.45, 7) is 11.3. The molecule has 2 N–H and O–H groups in total. The van der Waals surface area contributed by atoms with E-state index in [1.807, 2.05) is 13.8 Å². The minimum atomic E-state index is -0.328. The molecule has 0 atom stereocenters. The van der Waals surface area contributed by atoms with Gasteiger partial charge in [0.2, 0.25) is 0 Å². The molecular weight excluding hydrogens is 214 g/mol. The van der Waals surface area contributed by atoms with Crippen LogP contribution in [0.2, 0.25) is 0 Å². The first-order valence-electron chi connectivity index (χ1n) is 5.48. The molecule has 3 nitrogen and oxygen atoms in total. The van der Waals surface area contributed by atoms with Crippen molar-refractivity contribution in [3.05, 3.63) is 42.0 Å². The highest BCUT2D eigenvalue weighted by Crippen LogP contribution is 2.24. The zero-order valence-corrected chi connectivity index (χ0v) is 10.6. The average molecular weight is 233 g/mol. The van der Waals surface area contributed by atoms with Crippen molar-refractivity contribution in [3.63, 3.8) is 0 Å². The lowest BCUT2D eigenvalue weighted by molar-refractivity contribution is 0.0960. The van der Waals surface area contributed by atoms with Crippen LogP contribution in [0.15, 0.2) is 25.3 Å². The van der Waals surface area contributed by atoms with Crippen LogP contribution in [0.5, 0.6) is 5.75 Å². The molecule has 0 saturated carbocycles. The molecule has 1 amide bonds. The average Bonchev–Trinajstić information content (AvgIpc) is 2.39. The van der Waals surface area contributed by atoms with Crippen molar-refractivity contribution in [2.75, 3.05) is 7.05 Å². The number of benzene rings is 1. The fraction of sp³-hybridized carbons (Fsp3) is 0.214. The van der Waals surface area contributed by atoms with Crippen molar-refractivity contribution in [1.29, 1.82) is 0 Å². The van der Waals surface area contributed by atoms with Gasteiger partial charge in [-0.05, 0) is 23.3 Å². The third-order valence-corrected chi connectivity index (χ3v) is 2.11. The van der Waals surface area contributed by atoms with Crippen molar-refractivity contribution in [3.8, 4) is 5.75 Å². The second kappa shape index (κ2) is 7.28. The number of aromatic hydroxyl groups is 1. The van der Waals surface area contributed by atoms with Gasteiger partial charge in [-0.25, -0.2) is 0 Å². The van der Waals surface area contributed by atoms with E-state index in [2.05, 4.69) is 18.5 Å². The molecule has 0 spiro atoms. The topological polar surface area (TPSA) is 49.3 Å². The van der Waals surface area contributed by atoms with E-state index in [-0.39, 0.29) is 17.2 Å². The summed E-state index contributed by atoms with van der Waals surface area (Å²) in [5, 5.41) is 12.1. The van der Waals surface area contributed by atoms with Gasteiger partial charge in [-0.15, -0.1) is 0 Å². The van der Waals surface area contributed by atoms with Crippen LogP contribution in [0, 0.1) is 0 Å². The second-order valence-electron chi connectivity index (χ2n) is 2.99. The predicted octanol–water partition coefficient (Wildman–Crippen LogP) is 3.06. The molecule has 1 rings (SSSR count). The minimum absolute atomic E-state index is 0.0603. The summed E-state index contributed by atoms with van der Waals surface area (Å²) in [6, 6.07) is 3.08. The summed E-state index contributed by atoms with van der Waals surface area (Å²) in [7, 11) is 1.51. The summed E-state index contributed by atoms with van der Waals surface area (Å²) < 4.78 is 0. The fourth-order valence-corrected chi connectivity index (χ4v) is 1.29. The fourth-order valence-electron chi connectivity index (χ4n) is 1.29.